The van der Waals surface area contributed by atoms with Crippen molar-refractivity contribution in [2.75, 3.05) is 13.7 Å². The van der Waals surface area contributed by atoms with Gasteiger partial charge < -0.3 is 10.1 Å². The third-order valence-corrected chi connectivity index (χ3v) is 3.00. The number of methoxy groups -OCH3 is 1. The normalized spacial score (nSPS) is 33.8. The average Bonchev–Trinajstić information content (AvgIpc) is 2.48. The van der Waals surface area contributed by atoms with Gasteiger partial charge in [0.1, 0.15) is 5.54 Å². The first-order valence-electron chi connectivity index (χ1n) is 4.83. The Bertz CT molecular complexity index is 203. The number of carbonyl (C=O) groups is 1. The maximum atomic E-state index is 11.4. The summed E-state index contributed by atoms with van der Waals surface area (Å²) < 4.78 is 4.76. The molecule has 3 heteroatoms. The van der Waals surface area contributed by atoms with E-state index in [0.29, 0.717) is 11.8 Å². The predicted octanol–water partition coefficient (Wildman–Crippen LogP) is 1.18. The first-order chi connectivity index (χ1) is 5.99. The van der Waals surface area contributed by atoms with Gasteiger partial charge in [0, 0.05) is 0 Å². The summed E-state index contributed by atoms with van der Waals surface area (Å²) in [7, 11) is 1.44. The van der Waals surface area contributed by atoms with Gasteiger partial charge >= 0.3 is 5.97 Å². The lowest BCUT2D eigenvalue weighted by atomic mass is 9.88. The highest BCUT2D eigenvalue weighted by Crippen LogP contribution is 2.29. The van der Waals surface area contributed by atoms with E-state index in [2.05, 4.69) is 19.2 Å². The monoisotopic (exact) mass is 185 g/mol. The van der Waals surface area contributed by atoms with Gasteiger partial charge in [-0.25, -0.2) is 0 Å². The first kappa shape index (κ1) is 10.5. The SMILES string of the molecule is COC(=O)C1(C)CC(C(C)C)CN1. The quantitative estimate of drug-likeness (QED) is 0.657. The van der Waals surface area contributed by atoms with E-state index in [1.807, 2.05) is 6.92 Å². The number of nitrogens with one attached hydrogen (secondary N) is 1. The second-order valence-corrected chi connectivity index (χ2v) is 4.41. The van der Waals surface area contributed by atoms with Crippen LogP contribution in [0.2, 0.25) is 0 Å². The van der Waals surface area contributed by atoms with Crippen LogP contribution in [0.1, 0.15) is 27.2 Å². The number of esters is 1. The van der Waals surface area contributed by atoms with E-state index in [-0.39, 0.29) is 5.97 Å². The highest BCUT2D eigenvalue weighted by atomic mass is 16.5. The van der Waals surface area contributed by atoms with Crippen molar-refractivity contribution in [3.63, 3.8) is 0 Å². The summed E-state index contributed by atoms with van der Waals surface area (Å²) in [6, 6.07) is 0. The minimum Gasteiger partial charge on any atom is -0.468 e. The van der Waals surface area contributed by atoms with Crippen molar-refractivity contribution >= 4 is 5.97 Å². The smallest absolute Gasteiger partial charge is 0.325 e. The molecule has 13 heavy (non-hydrogen) atoms. The lowest BCUT2D eigenvalue weighted by Gasteiger charge is -2.21. The average molecular weight is 185 g/mol. The lowest BCUT2D eigenvalue weighted by Crippen LogP contribution is -2.45. The summed E-state index contributed by atoms with van der Waals surface area (Å²) in [6.07, 6.45) is 0.886. The molecular weight excluding hydrogens is 166 g/mol. The van der Waals surface area contributed by atoms with Crippen LogP contribution >= 0.6 is 0 Å². The number of rotatable bonds is 2. The molecule has 1 aliphatic heterocycles. The van der Waals surface area contributed by atoms with Crippen LogP contribution in [0.5, 0.6) is 0 Å². The molecule has 0 aromatic heterocycles. The molecule has 0 aliphatic carbocycles. The maximum Gasteiger partial charge on any atom is 0.325 e. The van der Waals surface area contributed by atoms with Crippen LogP contribution in [0.4, 0.5) is 0 Å². The van der Waals surface area contributed by atoms with E-state index >= 15 is 0 Å². The van der Waals surface area contributed by atoms with Gasteiger partial charge in [-0.3, -0.25) is 4.79 Å². The van der Waals surface area contributed by atoms with Crippen molar-refractivity contribution in [2.24, 2.45) is 11.8 Å². The Kier molecular flexibility index (Phi) is 2.96. The van der Waals surface area contributed by atoms with Gasteiger partial charge in [-0.15, -0.1) is 0 Å². The van der Waals surface area contributed by atoms with Gasteiger partial charge in [0.25, 0.3) is 0 Å². The molecule has 2 atom stereocenters. The summed E-state index contributed by atoms with van der Waals surface area (Å²) in [4.78, 5) is 11.4. The number of carbonyl (C=O) groups excluding carboxylic acids is 1. The summed E-state index contributed by atoms with van der Waals surface area (Å²) in [5.41, 5.74) is -0.455. The maximum absolute atomic E-state index is 11.4. The Balaban J connectivity index is 2.61. The van der Waals surface area contributed by atoms with Gasteiger partial charge in [0.15, 0.2) is 0 Å². The molecule has 1 N–H and O–H groups in total. The van der Waals surface area contributed by atoms with Crippen LogP contribution < -0.4 is 5.32 Å². The highest BCUT2D eigenvalue weighted by Gasteiger charge is 2.42. The Labute approximate surface area is 79.8 Å². The molecule has 2 unspecified atom stereocenters. The number of hydrogen-bond donors (Lipinski definition) is 1. The minimum atomic E-state index is -0.455. The summed E-state index contributed by atoms with van der Waals surface area (Å²) in [5, 5.41) is 3.24. The Morgan fingerprint density at radius 3 is 2.62 bits per heavy atom. The molecule has 1 fully saturated rings. The van der Waals surface area contributed by atoms with E-state index in [9.17, 15) is 4.79 Å². The zero-order valence-electron chi connectivity index (χ0n) is 8.89. The molecule has 0 radical (unpaired) electrons. The predicted molar refractivity (Wildman–Crippen MR) is 51.4 cm³/mol. The summed E-state index contributed by atoms with van der Waals surface area (Å²) >= 11 is 0. The van der Waals surface area contributed by atoms with Crippen molar-refractivity contribution < 1.29 is 9.53 Å². The van der Waals surface area contributed by atoms with E-state index in [1.54, 1.807) is 0 Å². The molecule has 76 valence electrons. The topological polar surface area (TPSA) is 38.3 Å². The van der Waals surface area contributed by atoms with Crippen LogP contribution in [0.3, 0.4) is 0 Å². The fraction of sp³-hybridized carbons (Fsp3) is 0.900. The fourth-order valence-electron chi connectivity index (χ4n) is 1.88. The molecule has 0 bridgehead atoms. The van der Waals surface area contributed by atoms with Crippen molar-refractivity contribution in [1.29, 1.82) is 0 Å². The van der Waals surface area contributed by atoms with Crippen LogP contribution in [0.15, 0.2) is 0 Å². The standard InChI is InChI=1S/C10H19NO2/c1-7(2)8-5-10(3,11-6-8)9(12)13-4/h7-8,11H,5-6H2,1-4H3. The molecule has 0 aromatic carbocycles. The van der Waals surface area contributed by atoms with Crippen LogP contribution in [-0.2, 0) is 9.53 Å². The van der Waals surface area contributed by atoms with E-state index in [0.717, 1.165) is 13.0 Å². The highest BCUT2D eigenvalue weighted by molar-refractivity contribution is 5.80. The van der Waals surface area contributed by atoms with Crippen LogP contribution in [0.25, 0.3) is 0 Å². The molecule has 1 rings (SSSR count). The van der Waals surface area contributed by atoms with E-state index in [1.165, 1.54) is 7.11 Å². The molecule has 1 heterocycles. The van der Waals surface area contributed by atoms with Crippen molar-refractivity contribution in [1.82, 2.24) is 5.32 Å². The van der Waals surface area contributed by atoms with Crippen LogP contribution in [0, 0.1) is 11.8 Å². The van der Waals surface area contributed by atoms with Crippen molar-refractivity contribution in [3.05, 3.63) is 0 Å². The molecule has 1 aliphatic rings. The number of ether oxygens (including phenoxy) is 1. The molecule has 0 saturated carbocycles. The molecule has 1 saturated heterocycles. The third-order valence-electron chi connectivity index (χ3n) is 3.00. The molecule has 0 aromatic rings. The second-order valence-electron chi connectivity index (χ2n) is 4.41. The number of hydrogen-bond acceptors (Lipinski definition) is 3. The largest absolute Gasteiger partial charge is 0.468 e. The molecule has 0 amide bonds. The van der Waals surface area contributed by atoms with Crippen molar-refractivity contribution in [2.45, 2.75) is 32.7 Å². The van der Waals surface area contributed by atoms with Gasteiger partial charge in [-0.05, 0) is 31.7 Å². The Hall–Kier alpha value is -0.570. The Morgan fingerprint density at radius 2 is 2.23 bits per heavy atom. The van der Waals surface area contributed by atoms with Gasteiger partial charge in [-0.1, -0.05) is 13.8 Å². The molecule has 3 nitrogen and oxygen atoms in total. The molecular formula is C10H19NO2. The van der Waals surface area contributed by atoms with Crippen LogP contribution in [-0.4, -0.2) is 25.2 Å². The van der Waals surface area contributed by atoms with E-state index in [4.69, 9.17) is 4.74 Å². The summed E-state index contributed by atoms with van der Waals surface area (Å²) in [5.74, 6) is 1.07. The lowest BCUT2D eigenvalue weighted by molar-refractivity contribution is -0.147. The Morgan fingerprint density at radius 1 is 1.62 bits per heavy atom. The zero-order valence-corrected chi connectivity index (χ0v) is 8.89. The van der Waals surface area contributed by atoms with Gasteiger partial charge in [0.2, 0.25) is 0 Å². The third kappa shape index (κ3) is 2.02. The van der Waals surface area contributed by atoms with Crippen molar-refractivity contribution in [3.8, 4) is 0 Å². The zero-order chi connectivity index (χ0) is 10.1. The summed E-state index contributed by atoms with van der Waals surface area (Å²) in [6.45, 7) is 7.22. The fourth-order valence-corrected chi connectivity index (χ4v) is 1.88. The molecule has 0 spiro atoms. The van der Waals surface area contributed by atoms with Gasteiger partial charge in [0.05, 0.1) is 7.11 Å². The van der Waals surface area contributed by atoms with Gasteiger partial charge in [-0.2, -0.15) is 0 Å². The first-order valence-corrected chi connectivity index (χ1v) is 4.83. The van der Waals surface area contributed by atoms with E-state index < -0.39 is 5.54 Å². The second kappa shape index (κ2) is 3.66. The minimum absolute atomic E-state index is 0.143.